The lowest BCUT2D eigenvalue weighted by Crippen LogP contribution is -1.99. The Morgan fingerprint density at radius 2 is 0.762 bits per heavy atom. The summed E-state index contributed by atoms with van der Waals surface area (Å²) in [5.74, 6) is 0.845. The molecule has 2 heteroatoms. The first-order valence-electron chi connectivity index (χ1n) is 9.32. The third-order valence-electron chi connectivity index (χ3n) is 3.49. The van der Waals surface area contributed by atoms with Gasteiger partial charge in [-0.3, -0.25) is 0 Å². The summed E-state index contributed by atoms with van der Waals surface area (Å²) in [6.45, 7) is 2.28. The molecule has 0 aromatic carbocycles. The monoisotopic (exact) mass is 319 g/mol. The van der Waals surface area contributed by atoms with E-state index < -0.39 is 0 Å². The first kappa shape index (κ1) is 23.5. The van der Waals surface area contributed by atoms with Crippen LogP contribution in [0.3, 0.4) is 0 Å². The standard InChI is InChI=1S/C16H33Cl.C3H9N/c1-2-3-4-5-6-7-8-9-10-11-12-13-14-15-16-17;1-4(2)3/h2-16H2,1H3;1-3H3. The molecule has 21 heavy (non-hydrogen) atoms. The van der Waals surface area contributed by atoms with E-state index in [2.05, 4.69) is 6.92 Å². The van der Waals surface area contributed by atoms with Crippen molar-refractivity contribution in [1.29, 1.82) is 0 Å². The van der Waals surface area contributed by atoms with Crippen molar-refractivity contribution in [2.45, 2.75) is 96.8 Å². The van der Waals surface area contributed by atoms with E-state index in [4.69, 9.17) is 11.6 Å². The van der Waals surface area contributed by atoms with Crippen LogP contribution in [0.5, 0.6) is 0 Å². The van der Waals surface area contributed by atoms with Crippen molar-refractivity contribution < 1.29 is 0 Å². The molecule has 0 aliphatic carbocycles. The minimum absolute atomic E-state index is 0.845. The lowest BCUT2D eigenvalue weighted by molar-refractivity contribution is 0.505. The third kappa shape index (κ3) is 33.2. The second kappa shape index (κ2) is 22.5. The summed E-state index contributed by atoms with van der Waals surface area (Å²) in [4.78, 5) is 2.00. The van der Waals surface area contributed by atoms with Crippen LogP contribution in [-0.4, -0.2) is 31.9 Å². The molecule has 0 N–H and O–H groups in total. The van der Waals surface area contributed by atoms with Crippen LogP contribution in [0.4, 0.5) is 0 Å². The van der Waals surface area contributed by atoms with Crippen LogP contribution in [-0.2, 0) is 0 Å². The molecular formula is C19H42ClN. The molecule has 0 aliphatic heterocycles. The Morgan fingerprint density at radius 1 is 0.524 bits per heavy atom. The Bertz CT molecular complexity index is 143. The Labute approximate surface area is 140 Å². The van der Waals surface area contributed by atoms with Gasteiger partial charge in [-0.25, -0.2) is 0 Å². The quantitative estimate of drug-likeness (QED) is 0.249. The average molecular weight is 320 g/mol. The van der Waals surface area contributed by atoms with Gasteiger partial charge in [-0.05, 0) is 27.6 Å². The molecule has 0 aromatic heterocycles. The summed E-state index contributed by atoms with van der Waals surface area (Å²) >= 11 is 5.64. The van der Waals surface area contributed by atoms with Crippen molar-refractivity contribution in [3.8, 4) is 0 Å². The summed E-state index contributed by atoms with van der Waals surface area (Å²) in [6, 6.07) is 0. The summed E-state index contributed by atoms with van der Waals surface area (Å²) in [5, 5.41) is 0. The fraction of sp³-hybridized carbons (Fsp3) is 1.00. The lowest BCUT2D eigenvalue weighted by atomic mass is 10.0. The Kier molecular flexibility index (Phi) is 25.2. The molecule has 0 unspecified atom stereocenters. The summed E-state index contributed by atoms with van der Waals surface area (Å²) < 4.78 is 0. The van der Waals surface area contributed by atoms with Crippen molar-refractivity contribution in [3.63, 3.8) is 0 Å². The van der Waals surface area contributed by atoms with E-state index in [0.717, 1.165) is 5.88 Å². The first-order chi connectivity index (χ1) is 10.1. The molecule has 0 bridgehead atoms. The maximum Gasteiger partial charge on any atom is 0.0223 e. The van der Waals surface area contributed by atoms with Crippen molar-refractivity contribution in [2.75, 3.05) is 27.0 Å². The van der Waals surface area contributed by atoms with Gasteiger partial charge >= 0.3 is 0 Å². The van der Waals surface area contributed by atoms with Gasteiger partial charge in [0.05, 0.1) is 0 Å². The molecule has 0 amide bonds. The predicted octanol–water partition coefficient (Wildman–Crippen LogP) is 6.88. The molecule has 0 fully saturated rings. The van der Waals surface area contributed by atoms with E-state index in [0.29, 0.717) is 0 Å². The highest BCUT2D eigenvalue weighted by Gasteiger charge is 1.93. The van der Waals surface area contributed by atoms with E-state index in [9.17, 15) is 0 Å². The molecule has 0 saturated carbocycles. The summed E-state index contributed by atoms with van der Waals surface area (Å²) in [5.41, 5.74) is 0. The molecular weight excluding hydrogens is 278 g/mol. The molecule has 1 nitrogen and oxygen atoms in total. The largest absolute Gasteiger partial charge is 0.312 e. The highest BCUT2D eigenvalue weighted by atomic mass is 35.5. The highest BCUT2D eigenvalue weighted by Crippen LogP contribution is 2.12. The van der Waals surface area contributed by atoms with Crippen molar-refractivity contribution in [2.24, 2.45) is 0 Å². The number of nitrogens with zero attached hydrogens (tertiary/aromatic N) is 1. The molecule has 0 radical (unpaired) electrons. The molecule has 0 saturated heterocycles. The van der Waals surface area contributed by atoms with E-state index in [1.807, 2.05) is 26.0 Å². The van der Waals surface area contributed by atoms with E-state index >= 15 is 0 Å². The molecule has 0 atom stereocenters. The fourth-order valence-corrected chi connectivity index (χ4v) is 2.48. The number of halogens is 1. The van der Waals surface area contributed by atoms with Crippen LogP contribution >= 0.6 is 11.6 Å². The number of alkyl halides is 1. The second-order valence-corrected chi connectivity index (χ2v) is 7.00. The number of unbranched alkanes of at least 4 members (excludes halogenated alkanes) is 13. The van der Waals surface area contributed by atoms with E-state index in [-0.39, 0.29) is 0 Å². The third-order valence-corrected chi connectivity index (χ3v) is 3.75. The van der Waals surface area contributed by atoms with Gasteiger partial charge in [-0.2, -0.15) is 0 Å². The topological polar surface area (TPSA) is 3.24 Å². The maximum atomic E-state index is 5.64. The van der Waals surface area contributed by atoms with Gasteiger partial charge in [-0.1, -0.05) is 90.4 Å². The zero-order valence-corrected chi connectivity index (χ0v) is 16.2. The number of hydrogen-bond donors (Lipinski definition) is 0. The van der Waals surface area contributed by atoms with Gasteiger partial charge in [0.2, 0.25) is 0 Å². The van der Waals surface area contributed by atoms with Gasteiger partial charge in [0.25, 0.3) is 0 Å². The first-order valence-corrected chi connectivity index (χ1v) is 9.85. The van der Waals surface area contributed by atoms with Crippen molar-refractivity contribution in [3.05, 3.63) is 0 Å². The Morgan fingerprint density at radius 3 is 1.00 bits per heavy atom. The average Bonchev–Trinajstić information content (AvgIpc) is 2.43. The molecule has 0 spiro atoms. The SMILES string of the molecule is CCCCCCCCCCCCCCCCCl.CN(C)C. The number of rotatable bonds is 14. The highest BCUT2D eigenvalue weighted by molar-refractivity contribution is 6.17. The molecule has 0 rings (SSSR count). The Hall–Kier alpha value is 0.250. The fourth-order valence-electron chi connectivity index (χ4n) is 2.29. The van der Waals surface area contributed by atoms with E-state index in [1.54, 1.807) is 0 Å². The minimum Gasteiger partial charge on any atom is -0.312 e. The maximum absolute atomic E-state index is 5.64. The molecule has 130 valence electrons. The van der Waals surface area contributed by atoms with Crippen LogP contribution in [0.15, 0.2) is 0 Å². The molecule has 0 aromatic rings. The molecule has 0 aliphatic rings. The summed E-state index contributed by atoms with van der Waals surface area (Å²) in [6.07, 6.45) is 19.8. The van der Waals surface area contributed by atoms with Gasteiger partial charge in [-0.15, -0.1) is 11.6 Å². The van der Waals surface area contributed by atoms with Crippen molar-refractivity contribution in [1.82, 2.24) is 4.90 Å². The lowest BCUT2D eigenvalue weighted by Gasteiger charge is -2.02. The predicted molar refractivity (Wildman–Crippen MR) is 101 cm³/mol. The van der Waals surface area contributed by atoms with Gasteiger partial charge in [0, 0.05) is 5.88 Å². The second-order valence-electron chi connectivity index (χ2n) is 6.63. The minimum atomic E-state index is 0.845. The van der Waals surface area contributed by atoms with Crippen LogP contribution in [0, 0.1) is 0 Å². The van der Waals surface area contributed by atoms with Crippen LogP contribution in [0.2, 0.25) is 0 Å². The smallest absolute Gasteiger partial charge is 0.0223 e. The summed E-state index contributed by atoms with van der Waals surface area (Å²) in [7, 11) is 6.00. The van der Waals surface area contributed by atoms with E-state index in [1.165, 1.54) is 89.9 Å². The van der Waals surface area contributed by atoms with Crippen LogP contribution in [0.25, 0.3) is 0 Å². The zero-order valence-electron chi connectivity index (χ0n) is 15.4. The van der Waals surface area contributed by atoms with Crippen molar-refractivity contribution >= 4 is 11.6 Å². The molecule has 0 heterocycles. The number of hydrogen-bond acceptors (Lipinski definition) is 1. The Balaban J connectivity index is 0. The normalized spacial score (nSPS) is 10.6. The zero-order chi connectivity index (χ0) is 16.2. The van der Waals surface area contributed by atoms with Gasteiger partial charge < -0.3 is 4.90 Å². The van der Waals surface area contributed by atoms with Gasteiger partial charge in [0.1, 0.15) is 0 Å². The van der Waals surface area contributed by atoms with Gasteiger partial charge in [0.15, 0.2) is 0 Å². The van der Waals surface area contributed by atoms with Crippen LogP contribution < -0.4 is 0 Å². The van der Waals surface area contributed by atoms with Crippen LogP contribution in [0.1, 0.15) is 96.8 Å².